The first-order chi connectivity index (χ1) is 8.79. The normalized spacial score (nSPS) is 20.1. The van der Waals surface area contributed by atoms with Gasteiger partial charge in [-0.15, -0.1) is 0 Å². The summed E-state index contributed by atoms with van der Waals surface area (Å²) in [7, 11) is 3.94. The lowest BCUT2D eigenvalue weighted by Crippen LogP contribution is -2.44. The number of benzene rings is 1. The van der Waals surface area contributed by atoms with Gasteiger partial charge in [-0.25, -0.2) is 0 Å². The molecule has 1 aliphatic rings. The minimum absolute atomic E-state index is 0.706. The van der Waals surface area contributed by atoms with Crippen LogP contribution in [0.2, 0.25) is 0 Å². The van der Waals surface area contributed by atoms with Crippen molar-refractivity contribution in [2.75, 3.05) is 33.8 Å². The Morgan fingerprint density at radius 1 is 1.33 bits per heavy atom. The van der Waals surface area contributed by atoms with E-state index < -0.39 is 0 Å². The first-order valence-electron chi connectivity index (χ1n) is 6.83. The third-order valence-electron chi connectivity index (χ3n) is 3.81. The van der Waals surface area contributed by atoms with Crippen LogP contribution in [0.25, 0.3) is 0 Å². The van der Waals surface area contributed by atoms with E-state index in [4.69, 9.17) is 4.74 Å². The van der Waals surface area contributed by atoms with Gasteiger partial charge >= 0.3 is 0 Å². The van der Waals surface area contributed by atoms with Crippen molar-refractivity contribution < 1.29 is 4.74 Å². The number of rotatable bonds is 5. The molecule has 0 aliphatic carbocycles. The van der Waals surface area contributed by atoms with Crippen molar-refractivity contribution in [2.24, 2.45) is 0 Å². The van der Waals surface area contributed by atoms with E-state index in [1.165, 1.54) is 24.9 Å². The lowest BCUT2D eigenvalue weighted by molar-refractivity contribution is 0.205. The van der Waals surface area contributed by atoms with Gasteiger partial charge in [0.05, 0.1) is 7.11 Å². The Kier molecular flexibility index (Phi) is 5.02. The molecule has 1 atom stereocenters. The summed E-state index contributed by atoms with van der Waals surface area (Å²) in [5, 5.41) is 3.47. The topological polar surface area (TPSA) is 24.5 Å². The number of hydrogen-bond donors (Lipinski definition) is 1. The van der Waals surface area contributed by atoms with Crippen LogP contribution in [0, 0.1) is 0 Å². The van der Waals surface area contributed by atoms with E-state index in [0.717, 1.165) is 25.3 Å². The average molecular weight is 248 g/mol. The van der Waals surface area contributed by atoms with Crippen molar-refractivity contribution in [3.63, 3.8) is 0 Å². The van der Waals surface area contributed by atoms with Crippen LogP contribution < -0.4 is 10.1 Å². The molecule has 0 amide bonds. The lowest BCUT2D eigenvalue weighted by atomic mass is 10.1. The molecule has 18 heavy (non-hydrogen) atoms. The number of methoxy groups -OCH3 is 1. The van der Waals surface area contributed by atoms with Crippen LogP contribution >= 0.6 is 0 Å². The second kappa shape index (κ2) is 6.76. The van der Waals surface area contributed by atoms with E-state index in [1.54, 1.807) is 7.11 Å². The van der Waals surface area contributed by atoms with E-state index in [-0.39, 0.29) is 0 Å². The predicted octanol–water partition coefficient (Wildman–Crippen LogP) is 1.92. The number of ether oxygens (including phenoxy) is 1. The zero-order valence-electron chi connectivity index (χ0n) is 11.5. The van der Waals surface area contributed by atoms with Crippen molar-refractivity contribution in [1.82, 2.24) is 10.2 Å². The largest absolute Gasteiger partial charge is 0.497 e. The Morgan fingerprint density at radius 3 is 2.72 bits per heavy atom. The first-order valence-corrected chi connectivity index (χ1v) is 6.83. The van der Waals surface area contributed by atoms with Gasteiger partial charge in [0.1, 0.15) is 5.75 Å². The van der Waals surface area contributed by atoms with Crippen molar-refractivity contribution in [2.45, 2.75) is 25.3 Å². The number of likely N-dealkylation sites (N-methyl/N-ethyl adjacent to an activating group) is 1. The SMILES string of the molecule is COc1ccc(CCN(C)C2CCCNC2)cc1. The molecule has 1 aliphatic heterocycles. The van der Waals surface area contributed by atoms with Gasteiger partial charge in [-0.2, -0.15) is 0 Å². The second-order valence-electron chi connectivity index (χ2n) is 5.08. The third-order valence-corrected chi connectivity index (χ3v) is 3.81. The lowest BCUT2D eigenvalue weighted by Gasteiger charge is -2.31. The van der Waals surface area contributed by atoms with Gasteiger partial charge in [0.15, 0.2) is 0 Å². The quantitative estimate of drug-likeness (QED) is 0.861. The number of hydrogen-bond acceptors (Lipinski definition) is 3. The van der Waals surface area contributed by atoms with Gasteiger partial charge in [0.25, 0.3) is 0 Å². The molecular weight excluding hydrogens is 224 g/mol. The smallest absolute Gasteiger partial charge is 0.118 e. The molecule has 1 heterocycles. The highest BCUT2D eigenvalue weighted by molar-refractivity contribution is 5.27. The molecule has 1 saturated heterocycles. The molecule has 100 valence electrons. The standard InChI is InChI=1S/C15H24N2O/c1-17(14-4-3-10-16-12-14)11-9-13-5-7-15(18-2)8-6-13/h5-8,14,16H,3-4,9-12H2,1-2H3. The number of nitrogens with zero attached hydrogens (tertiary/aromatic N) is 1. The van der Waals surface area contributed by atoms with Crippen LogP contribution in [0.5, 0.6) is 5.75 Å². The van der Waals surface area contributed by atoms with Crippen molar-refractivity contribution in [3.8, 4) is 5.75 Å². The Hall–Kier alpha value is -1.06. The highest BCUT2D eigenvalue weighted by Crippen LogP contribution is 2.13. The molecule has 1 aromatic carbocycles. The maximum absolute atomic E-state index is 5.17. The molecule has 3 nitrogen and oxygen atoms in total. The van der Waals surface area contributed by atoms with Crippen LogP contribution in [0.3, 0.4) is 0 Å². The van der Waals surface area contributed by atoms with Gasteiger partial charge in [-0.1, -0.05) is 12.1 Å². The van der Waals surface area contributed by atoms with Gasteiger partial charge in [0.2, 0.25) is 0 Å². The Labute approximate surface area is 110 Å². The molecule has 1 aromatic rings. The molecule has 1 N–H and O–H groups in total. The predicted molar refractivity (Wildman–Crippen MR) is 75.2 cm³/mol. The fourth-order valence-corrected chi connectivity index (χ4v) is 2.49. The van der Waals surface area contributed by atoms with Crippen molar-refractivity contribution in [3.05, 3.63) is 29.8 Å². The van der Waals surface area contributed by atoms with Crippen LogP contribution in [0.4, 0.5) is 0 Å². The summed E-state index contributed by atoms with van der Waals surface area (Å²) in [5.41, 5.74) is 1.38. The fourth-order valence-electron chi connectivity index (χ4n) is 2.49. The zero-order chi connectivity index (χ0) is 12.8. The van der Waals surface area contributed by atoms with E-state index >= 15 is 0 Å². The third kappa shape index (κ3) is 3.72. The van der Waals surface area contributed by atoms with Gasteiger partial charge in [-0.05, 0) is 50.6 Å². The van der Waals surface area contributed by atoms with E-state index in [1.807, 2.05) is 12.1 Å². The van der Waals surface area contributed by atoms with Crippen LogP contribution in [-0.4, -0.2) is 44.7 Å². The molecular formula is C15H24N2O. The average Bonchev–Trinajstić information content (AvgIpc) is 2.46. The Morgan fingerprint density at radius 2 is 2.11 bits per heavy atom. The van der Waals surface area contributed by atoms with E-state index in [0.29, 0.717) is 6.04 Å². The summed E-state index contributed by atoms with van der Waals surface area (Å²) in [6.07, 6.45) is 3.74. The van der Waals surface area contributed by atoms with Crippen LogP contribution in [0.1, 0.15) is 18.4 Å². The molecule has 0 radical (unpaired) electrons. The number of nitrogens with one attached hydrogen (secondary N) is 1. The Bertz CT molecular complexity index is 344. The summed E-state index contributed by atoms with van der Waals surface area (Å²) in [6.45, 7) is 3.45. The van der Waals surface area contributed by atoms with Gasteiger partial charge in [-0.3, -0.25) is 0 Å². The van der Waals surface area contributed by atoms with Gasteiger partial charge in [0, 0.05) is 19.1 Å². The molecule has 0 saturated carbocycles. The second-order valence-corrected chi connectivity index (χ2v) is 5.08. The summed E-state index contributed by atoms with van der Waals surface area (Å²) >= 11 is 0. The minimum atomic E-state index is 0.706. The maximum Gasteiger partial charge on any atom is 0.118 e. The molecule has 1 unspecified atom stereocenters. The fraction of sp³-hybridized carbons (Fsp3) is 0.600. The summed E-state index contributed by atoms with van der Waals surface area (Å²) < 4.78 is 5.17. The molecule has 2 rings (SSSR count). The van der Waals surface area contributed by atoms with E-state index in [9.17, 15) is 0 Å². The van der Waals surface area contributed by atoms with Crippen molar-refractivity contribution in [1.29, 1.82) is 0 Å². The maximum atomic E-state index is 5.17. The summed E-state index contributed by atoms with van der Waals surface area (Å²) in [5.74, 6) is 0.934. The minimum Gasteiger partial charge on any atom is -0.497 e. The number of piperidine rings is 1. The first kappa shape index (κ1) is 13.4. The zero-order valence-corrected chi connectivity index (χ0v) is 11.5. The molecule has 0 spiro atoms. The van der Waals surface area contributed by atoms with E-state index in [2.05, 4.69) is 29.4 Å². The molecule has 3 heteroatoms. The Balaban J connectivity index is 1.78. The van der Waals surface area contributed by atoms with Crippen molar-refractivity contribution >= 4 is 0 Å². The van der Waals surface area contributed by atoms with Crippen LogP contribution in [0.15, 0.2) is 24.3 Å². The molecule has 1 fully saturated rings. The monoisotopic (exact) mass is 248 g/mol. The highest BCUT2D eigenvalue weighted by atomic mass is 16.5. The van der Waals surface area contributed by atoms with Gasteiger partial charge < -0.3 is 15.0 Å². The van der Waals surface area contributed by atoms with Crippen LogP contribution in [-0.2, 0) is 6.42 Å². The summed E-state index contributed by atoms with van der Waals surface area (Å²) in [4.78, 5) is 2.48. The summed E-state index contributed by atoms with van der Waals surface area (Å²) in [6, 6.07) is 9.10. The molecule has 0 bridgehead atoms. The highest BCUT2D eigenvalue weighted by Gasteiger charge is 2.16. The molecule has 0 aromatic heterocycles.